The molecule has 1 unspecified atom stereocenters. The molecule has 2 heteroatoms. The van der Waals surface area contributed by atoms with Crippen LogP contribution in [-0.4, -0.2) is 7.11 Å². The molecule has 0 aliphatic heterocycles. The lowest BCUT2D eigenvalue weighted by Gasteiger charge is -2.19. The zero-order chi connectivity index (χ0) is 15.4. The second-order valence-corrected chi connectivity index (χ2v) is 5.89. The number of aryl methyl sites for hydroxylation is 1. The molecule has 0 radical (unpaired) electrons. The van der Waals surface area contributed by atoms with Crippen LogP contribution in [0.25, 0.3) is 0 Å². The van der Waals surface area contributed by atoms with Crippen LogP contribution in [0.2, 0.25) is 0 Å². The molecule has 112 valence electrons. The third kappa shape index (κ3) is 3.78. The van der Waals surface area contributed by atoms with E-state index in [2.05, 4.69) is 75.5 Å². The lowest BCUT2D eigenvalue weighted by molar-refractivity contribution is 0.407. The Labute approximate surface area is 128 Å². The van der Waals surface area contributed by atoms with Gasteiger partial charge in [-0.2, -0.15) is 0 Å². The number of methoxy groups -OCH3 is 1. The summed E-state index contributed by atoms with van der Waals surface area (Å²) in [6, 6.07) is 15.2. The predicted molar refractivity (Wildman–Crippen MR) is 90.3 cm³/mol. The van der Waals surface area contributed by atoms with Crippen molar-refractivity contribution in [3.05, 3.63) is 59.2 Å². The highest BCUT2D eigenvalue weighted by Crippen LogP contribution is 2.29. The first kappa shape index (κ1) is 15.4. The van der Waals surface area contributed by atoms with E-state index >= 15 is 0 Å². The molecule has 0 amide bonds. The van der Waals surface area contributed by atoms with E-state index in [0.29, 0.717) is 5.92 Å². The normalized spacial score (nSPS) is 12.3. The zero-order valence-electron chi connectivity index (χ0n) is 13.6. The number of hydrogen-bond donors (Lipinski definition) is 1. The fourth-order valence-corrected chi connectivity index (χ4v) is 2.47. The summed E-state index contributed by atoms with van der Waals surface area (Å²) < 4.78 is 5.50. The van der Waals surface area contributed by atoms with Crippen molar-refractivity contribution in [1.29, 1.82) is 0 Å². The van der Waals surface area contributed by atoms with Gasteiger partial charge in [-0.15, -0.1) is 0 Å². The molecule has 0 aliphatic rings. The van der Waals surface area contributed by atoms with E-state index in [1.165, 1.54) is 16.7 Å². The van der Waals surface area contributed by atoms with Crippen molar-refractivity contribution in [2.24, 2.45) is 0 Å². The summed E-state index contributed by atoms with van der Waals surface area (Å²) in [5.74, 6) is 1.50. The van der Waals surface area contributed by atoms with Crippen LogP contribution in [0, 0.1) is 6.92 Å². The molecule has 0 aliphatic carbocycles. The Bertz CT molecular complexity index is 587. The van der Waals surface area contributed by atoms with Crippen molar-refractivity contribution in [3.8, 4) is 5.75 Å². The molecule has 0 heterocycles. The summed E-state index contributed by atoms with van der Waals surface area (Å²) in [7, 11) is 1.72. The van der Waals surface area contributed by atoms with Crippen LogP contribution in [0.4, 0.5) is 5.69 Å². The van der Waals surface area contributed by atoms with Gasteiger partial charge in [0.15, 0.2) is 0 Å². The molecule has 0 fully saturated rings. The Morgan fingerprint density at radius 1 is 0.952 bits per heavy atom. The standard InChI is InChI=1S/C19H25NO/c1-13(2)16-7-9-17(10-8-16)20-15(4)18-11-6-14(3)12-19(18)21-5/h6-13,15,20H,1-5H3. The first-order valence-electron chi connectivity index (χ1n) is 7.52. The molecule has 0 bridgehead atoms. The van der Waals surface area contributed by atoms with Gasteiger partial charge >= 0.3 is 0 Å². The number of anilines is 1. The number of benzene rings is 2. The van der Waals surface area contributed by atoms with Crippen molar-refractivity contribution in [3.63, 3.8) is 0 Å². The number of ether oxygens (including phenoxy) is 1. The van der Waals surface area contributed by atoms with E-state index in [0.717, 1.165) is 11.4 Å². The topological polar surface area (TPSA) is 21.3 Å². The van der Waals surface area contributed by atoms with Crippen LogP contribution in [-0.2, 0) is 0 Å². The van der Waals surface area contributed by atoms with Gasteiger partial charge in [-0.25, -0.2) is 0 Å². The van der Waals surface area contributed by atoms with Gasteiger partial charge in [0.2, 0.25) is 0 Å². The van der Waals surface area contributed by atoms with Crippen LogP contribution < -0.4 is 10.1 Å². The van der Waals surface area contributed by atoms with Gasteiger partial charge in [0.05, 0.1) is 13.2 Å². The first-order valence-corrected chi connectivity index (χ1v) is 7.52. The molecule has 0 saturated carbocycles. The maximum absolute atomic E-state index is 5.50. The highest BCUT2D eigenvalue weighted by molar-refractivity contribution is 5.49. The van der Waals surface area contributed by atoms with E-state index in [4.69, 9.17) is 4.74 Å². The second-order valence-electron chi connectivity index (χ2n) is 5.89. The van der Waals surface area contributed by atoms with Crippen LogP contribution >= 0.6 is 0 Å². The SMILES string of the molecule is COc1cc(C)ccc1C(C)Nc1ccc(C(C)C)cc1. The quantitative estimate of drug-likeness (QED) is 0.804. The maximum atomic E-state index is 5.50. The minimum absolute atomic E-state index is 0.199. The minimum atomic E-state index is 0.199. The molecule has 0 spiro atoms. The van der Waals surface area contributed by atoms with Gasteiger partial charge < -0.3 is 10.1 Å². The summed E-state index contributed by atoms with van der Waals surface area (Å²) in [6.07, 6.45) is 0. The van der Waals surface area contributed by atoms with E-state index in [1.807, 2.05) is 0 Å². The third-order valence-corrected chi connectivity index (χ3v) is 3.82. The maximum Gasteiger partial charge on any atom is 0.124 e. The molecular weight excluding hydrogens is 258 g/mol. The minimum Gasteiger partial charge on any atom is -0.496 e. The molecule has 0 saturated heterocycles. The summed E-state index contributed by atoms with van der Waals surface area (Å²) >= 11 is 0. The van der Waals surface area contributed by atoms with Crippen LogP contribution in [0.15, 0.2) is 42.5 Å². The van der Waals surface area contributed by atoms with Gasteiger partial charge in [-0.05, 0) is 49.1 Å². The summed E-state index contributed by atoms with van der Waals surface area (Å²) in [4.78, 5) is 0. The molecule has 2 aromatic carbocycles. The Morgan fingerprint density at radius 3 is 2.19 bits per heavy atom. The molecular formula is C19H25NO. The van der Waals surface area contributed by atoms with Gasteiger partial charge in [-0.3, -0.25) is 0 Å². The fraction of sp³-hybridized carbons (Fsp3) is 0.368. The van der Waals surface area contributed by atoms with Crippen molar-refractivity contribution in [2.75, 3.05) is 12.4 Å². The fourth-order valence-electron chi connectivity index (χ4n) is 2.47. The number of nitrogens with one attached hydrogen (secondary N) is 1. The molecule has 21 heavy (non-hydrogen) atoms. The van der Waals surface area contributed by atoms with E-state index in [9.17, 15) is 0 Å². The average Bonchev–Trinajstić information content (AvgIpc) is 2.47. The predicted octanol–water partition coefficient (Wildman–Crippen LogP) is 5.30. The van der Waals surface area contributed by atoms with Crippen molar-refractivity contribution in [1.82, 2.24) is 0 Å². The monoisotopic (exact) mass is 283 g/mol. The zero-order valence-corrected chi connectivity index (χ0v) is 13.6. The molecule has 2 nitrogen and oxygen atoms in total. The molecule has 1 N–H and O–H groups in total. The highest BCUT2D eigenvalue weighted by Gasteiger charge is 2.11. The second kappa shape index (κ2) is 6.66. The van der Waals surface area contributed by atoms with Gasteiger partial charge in [0.1, 0.15) is 5.75 Å². The van der Waals surface area contributed by atoms with Crippen LogP contribution in [0.3, 0.4) is 0 Å². The Balaban J connectivity index is 2.15. The first-order chi connectivity index (χ1) is 10.0. The summed E-state index contributed by atoms with van der Waals surface area (Å²) in [5, 5.41) is 3.54. The van der Waals surface area contributed by atoms with Crippen LogP contribution in [0.1, 0.15) is 49.4 Å². The van der Waals surface area contributed by atoms with Crippen LogP contribution in [0.5, 0.6) is 5.75 Å². The third-order valence-electron chi connectivity index (χ3n) is 3.82. The number of hydrogen-bond acceptors (Lipinski definition) is 2. The van der Waals surface area contributed by atoms with Gasteiger partial charge in [0, 0.05) is 11.3 Å². The highest BCUT2D eigenvalue weighted by atomic mass is 16.5. The van der Waals surface area contributed by atoms with Gasteiger partial charge in [0.25, 0.3) is 0 Å². The Hall–Kier alpha value is -1.96. The van der Waals surface area contributed by atoms with Crippen molar-refractivity contribution in [2.45, 2.75) is 39.7 Å². The Kier molecular flexibility index (Phi) is 4.89. The number of rotatable bonds is 5. The van der Waals surface area contributed by atoms with E-state index in [1.54, 1.807) is 7.11 Å². The lowest BCUT2D eigenvalue weighted by Crippen LogP contribution is -2.08. The van der Waals surface area contributed by atoms with E-state index in [-0.39, 0.29) is 6.04 Å². The average molecular weight is 283 g/mol. The smallest absolute Gasteiger partial charge is 0.124 e. The molecule has 0 aromatic heterocycles. The van der Waals surface area contributed by atoms with Crippen molar-refractivity contribution >= 4 is 5.69 Å². The lowest BCUT2D eigenvalue weighted by atomic mass is 10.0. The van der Waals surface area contributed by atoms with Gasteiger partial charge in [-0.1, -0.05) is 38.1 Å². The molecule has 1 atom stereocenters. The molecule has 2 rings (SSSR count). The Morgan fingerprint density at radius 2 is 1.62 bits per heavy atom. The van der Waals surface area contributed by atoms with E-state index < -0.39 is 0 Å². The van der Waals surface area contributed by atoms with Crippen molar-refractivity contribution < 1.29 is 4.74 Å². The summed E-state index contributed by atoms with van der Waals surface area (Å²) in [6.45, 7) is 8.66. The molecule has 2 aromatic rings. The summed E-state index contributed by atoms with van der Waals surface area (Å²) in [5.41, 5.74) is 4.88. The largest absolute Gasteiger partial charge is 0.496 e.